The molecule has 2 rings (SSSR count). The Morgan fingerprint density at radius 3 is 2.47 bits per heavy atom. The number of hydrogen-bond donors (Lipinski definition) is 1. The van der Waals surface area contributed by atoms with Gasteiger partial charge in [-0.15, -0.1) is 11.3 Å². The first-order chi connectivity index (χ1) is 7.08. The van der Waals surface area contributed by atoms with Gasteiger partial charge < -0.3 is 9.52 Å². The van der Waals surface area contributed by atoms with Crippen LogP contribution in [0.2, 0.25) is 0 Å². The van der Waals surface area contributed by atoms with Crippen LogP contribution in [0.4, 0.5) is 0 Å². The highest BCUT2D eigenvalue weighted by Crippen LogP contribution is 2.32. The lowest BCUT2D eigenvalue weighted by Crippen LogP contribution is -1.96. The molecule has 0 aliphatic heterocycles. The van der Waals surface area contributed by atoms with Gasteiger partial charge in [0.1, 0.15) is 17.6 Å². The van der Waals surface area contributed by atoms with Gasteiger partial charge >= 0.3 is 0 Å². The van der Waals surface area contributed by atoms with E-state index in [-0.39, 0.29) is 0 Å². The second-order valence-electron chi connectivity index (χ2n) is 3.76. The zero-order valence-corrected chi connectivity index (χ0v) is 9.89. The van der Waals surface area contributed by atoms with Crippen LogP contribution in [0.5, 0.6) is 0 Å². The first kappa shape index (κ1) is 10.5. The largest absolute Gasteiger partial charge is 0.463 e. The molecule has 0 saturated carbocycles. The monoisotopic (exact) mass is 222 g/mol. The molecule has 2 aromatic heterocycles. The van der Waals surface area contributed by atoms with Crippen LogP contribution >= 0.6 is 11.3 Å². The molecule has 0 radical (unpaired) electrons. The molecule has 0 spiro atoms. The van der Waals surface area contributed by atoms with Crippen LogP contribution in [0, 0.1) is 20.8 Å². The number of thiophene rings is 1. The van der Waals surface area contributed by atoms with E-state index in [0.29, 0.717) is 5.76 Å². The zero-order valence-electron chi connectivity index (χ0n) is 9.07. The maximum absolute atomic E-state index is 10.1. The van der Waals surface area contributed by atoms with Crippen LogP contribution in [0.1, 0.15) is 32.9 Å². The Balaban J connectivity index is 2.35. The van der Waals surface area contributed by atoms with Crippen molar-refractivity contribution in [3.8, 4) is 0 Å². The molecule has 1 unspecified atom stereocenters. The second-order valence-corrected chi connectivity index (χ2v) is 5.04. The first-order valence-electron chi connectivity index (χ1n) is 4.89. The molecular weight excluding hydrogens is 208 g/mol. The Kier molecular flexibility index (Phi) is 2.67. The molecule has 0 saturated heterocycles. The summed E-state index contributed by atoms with van der Waals surface area (Å²) < 4.78 is 5.42. The topological polar surface area (TPSA) is 33.4 Å². The van der Waals surface area contributed by atoms with Crippen LogP contribution in [-0.2, 0) is 0 Å². The molecule has 0 amide bonds. The maximum atomic E-state index is 10.1. The number of furan rings is 1. The number of hydrogen-bond acceptors (Lipinski definition) is 3. The minimum absolute atomic E-state index is 0.623. The summed E-state index contributed by atoms with van der Waals surface area (Å²) in [5.41, 5.74) is 1.12. The highest BCUT2D eigenvalue weighted by molar-refractivity contribution is 7.12. The molecule has 0 aliphatic carbocycles. The molecule has 1 N–H and O–H groups in total. The van der Waals surface area contributed by atoms with Gasteiger partial charge in [-0.2, -0.15) is 0 Å². The lowest BCUT2D eigenvalue weighted by atomic mass is 10.1. The minimum Gasteiger partial charge on any atom is -0.463 e. The Hall–Kier alpha value is -1.06. The number of aliphatic hydroxyl groups excluding tert-OH is 1. The molecule has 80 valence electrons. The van der Waals surface area contributed by atoms with Gasteiger partial charge in [0.05, 0.1) is 0 Å². The summed E-state index contributed by atoms with van der Waals surface area (Å²) in [4.78, 5) is 2.19. The molecule has 2 nitrogen and oxygen atoms in total. The van der Waals surface area contributed by atoms with Crippen molar-refractivity contribution >= 4 is 11.3 Å². The predicted molar refractivity (Wildman–Crippen MR) is 61.3 cm³/mol. The normalized spacial score (nSPS) is 13.1. The van der Waals surface area contributed by atoms with E-state index < -0.39 is 6.10 Å². The highest BCUT2D eigenvalue weighted by atomic mass is 32.1. The van der Waals surface area contributed by atoms with E-state index in [9.17, 15) is 5.11 Å². The van der Waals surface area contributed by atoms with Crippen molar-refractivity contribution in [3.63, 3.8) is 0 Å². The second kappa shape index (κ2) is 3.83. The van der Waals surface area contributed by atoms with Gasteiger partial charge in [-0.05, 0) is 44.5 Å². The molecule has 2 heterocycles. The van der Waals surface area contributed by atoms with Gasteiger partial charge in [0.25, 0.3) is 0 Å². The summed E-state index contributed by atoms with van der Waals surface area (Å²) in [5.74, 6) is 1.45. The van der Waals surface area contributed by atoms with Crippen molar-refractivity contribution in [2.24, 2.45) is 0 Å². The summed E-state index contributed by atoms with van der Waals surface area (Å²) in [6, 6.07) is 5.78. The third kappa shape index (κ3) is 1.98. The van der Waals surface area contributed by atoms with Gasteiger partial charge in [-0.1, -0.05) is 0 Å². The van der Waals surface area contributed by atoms with Crippen molar-refractivity contribution in [3.05, 3.63) is 45.0 Å². The van der Waals surface area contributed by atoms with Crippen molar-refractivity contribution in [1.29, 1.82) is 0 Å². The standard InChI is InChI=1S/C12H14O2S/c1-7-6-9(3)15-12(7)11(13)10-5-4-8(2)14-10/h4-6,11,13H,1-3H3. The summed E-state index contributed by atoms with van der Waals surface area (Å²) in [6.07, 6.45) is -0.627. The van der Waals surface area contributed by atoms with Gasteiger partial charge in [0, 0.05) is 9.75 Å². The summed E-state index contributed by atoms with van der Waals surface area (Å²) in [7, 11) is 0. The Labute approximate surface area is 93.2 Å². The SMILES string of the molecule is Cc1ccc(C(O)c2sc(C)cc2C)o1. The lowest BCUT2D eigenvalue weighted by molar-refractivity contribution is 0.190. The third-order valence-corrected chi connectivity index (χ3v) is 3.56. The third-order valence-electron chi connectivity index (χ3n) is 2.36. The van der Waals surface area contributed by atoms with Gasteiger partial charge in [0.2, 0.25) is 0 Å². The van der Waals surface area contributed by atoms with Gasteiger partial charge in [-0.25, -0.2) is 0 Å². The summed E-state index contributed by atoms with van der Waals surface area (Å²) >= 11 is 1.62. The van der Waals surface area contributed by atoms with E-state index in [1.165, 1.54) is 4.88 Å². The first-order valence-corrected chi connectivity index (χ1v) is 5.71. The molecule has 0 bridgehead atoms. The predicted octanol–water partition coefficient (Wildman–Crippen LogP) is 3.35. The maximum Gasteiger partial charge on any atom is 0.146 e. The molecule has 15 heavy (non-hydrogen) atoms. The molecule has 0 aliphatic rings. The average molecular weight is 222 g/mol. The highest BCUT2D eigenvalue weighted by Gasteiger charge is 2.18. The fourth-order valence-corrected chi connectivity index (χ4v) is 2.69. The molecule has 1 atom stereocenters. The Bertz CT molecular complexity index is 468. The number of aliphatic hydroxyl groups is 1. The van der Waals surface area contributed by atoms with Crippen molar-refractivity contribution in [2.45, 2.75) is 26.9 Å². The molecule has 0 aromatic carbocycles. The molecule has 2 aromatic rings. The fourth-order valence-electron chi connectivity index (χ4n) is 1.66. The van der Waals surface area contributed by atoms with E-state index in [1.54, 1.807) is 11.3 Å². The van der Waals surface area contributed by atoms with Crippen LogP contribution in [0.3, 0.4) is 0 Å². The molecule has 0 fully saturated rings. The number of rotatable bonds is 2. The van der Waals surface area contributed by atoms with Crippen LogP contribution in [0.15, 0.2) is 22.6 Å². The van der Waals surface area contributed by atoms with E-state index in [0.717, 1.165) is 16.2 Å². The van der Waals surface area contributed by atoms with Crippen LogP contribution in [-0.4, -0.2) is 5.11 Å². The number of aryl methyl sites for hydroxylation is 3. The van der Waals surface area contributed by atoms with Gasteiger partial charge in [-0.3, -0.25) is 0 Å². The fraction of sp³-hybridized carbons (Fsp3) is 0.333. The quantitative estimate of drug-likeness (QED) is 0.845. The minimum atomic E-state index is -0.627. The Morgan fingerprint density at radius 2 is 2.00 bits per heavy atom. The van der Waals surface area contributed by atoms with E-state index in [1.807, 2.05) is 32.9 Å². The molecule has 3 heteroatoms. The van der Waals surface area contributed by atoms with Crippen LogP contribution < -0.4 is 0 Å². The lowest BCUT2D eigenvalue weighted by Gasteiger charge is -2.06. The van der Waals surface area contributed by atoms with E-state index >= 15 is 0 Å². The Morgan fingerprint density at radius 1 is 1.27 bits per heavy atom. The van der Waals surface area contributed by atoms with E-state index in [2.05, 4.69) is 6.07 Å². The van der Waals surface area contributed by atoms with Crippen molar-refractivity contribution < 1.29 is 9.52 Å². The smallest absolute Gasteiger partial charge is 0.146 e. The van der Waals surface area contributed by atoms with E-state index in [4.69, 9.17) is 4.42 Å². The molecular formula is C12H14O2S. The van der Waals surface area contributed by atoms with Crippen LogP contribution in [0.25, 0.3) is 0 Å². The van der Waals surface area contributed by atoms with Gasteiger partial charge in [0.15, 0.2) is 0 Å². The summed E-state index contributed by atoms with van der Waals surface area (Å²) in [6.45, 7) is 5.93. The average Bonchev–Trinajstić information content (AvgIpc) is 2.71. The van der Waals surface area contributed by atoms with Crippen molar-refractivity contribution in [2.75, 3.05) is 0 Å². The zero-order chi connectivity index (χ0) is 11.0. The summed E-state index contributed by atoms with van der Waals surface area (Å²) in [5, 5.41) is 10.1. The van der Waals surface area contributed by atoms with Crippen molar-refractivity contribution in [1.82, 2.24) is 0 Å².